The number of para-hydroxylation sites is 1. The summed E-state index contributed by atoms with van der Waals surface area (Å²) in [7, 11) is -3.49. The van der Waals surface area contributed by atoms with Crippen LogP contribution in [-0.2, 0) is 14.8 Å². The minimum absolute atomic E-state index is 0.165. The topological polar surface area (TPSA) is 73.0 Å². The summed E-state index contributed by atoms with van der Waals surface area (Å²) < 4.78 is 28.4. The molecule has 5 rings (SSSR count). The lowest BCUT2D eigenvalue weighted by Crippen LogP contribution is -2.51. The maximum atomic E-state index is 13.4. The van der Waals surface area contributed by atoms with Gasteiger partial charge in [0.15, 0.2) is 0 Å². The molecular formula is C24H30N4O3S2. The summed E-state index contributed by atoms with van der Waals surface area (Å²) in [6, 6.07) is 14.0. The van der Waals surface area contributed by atoms with E-state index in [-0.39, 0.29) is 5.91 Å². The number of anilines is 2. The third kappa shape index (κ3) is 4.64. The van der Waals surface area contributed by atoms with E-state index in [1.807, 2.05) is 41.3 Å². The van der Waals surface area contributed by atoms with Gasteiger partial charge in [-0.25, -0.2) is 8.42 Å². The number of benzene rings is 2. The van der Waals surface area contributed by atoms with Gasteiger partial charge in [-0.05, 0) is 49.6 Å². The lowest BCUT2D eigenvalue weighted by molar-refractivity contribution is -0.131. The van der Waals surface area contributed by atoms with Crippen LogP contribution >= 0.6 is 11.8 Å². The minimum Gasteiger partial charge on any atom is -0.354 e. The van der Waals surface area contributed by atoms with Gasteiger partial charge in [-0.3, -0.25) is 9.69 Å². The van der Waals surface area contributed by atoms with Crippen molar-refractivity contribution in [3.63, 3.8) is 0 Å². The van der Waals surface area contributed by atoms with E-state index in [2.05, 4.69) is 16.3 Å². The lowest BCUT2D eigenvalue weighted by Gasteiger charge is -2.35. The highest BCUT2D eigenvalue weighted by atomic mass is 32.2. The molecule has 1 amide bonds. The fourth-order valence-electron chi connectivity index (χ4n) is 4.71. The van der Waals surface area contributed by atoms with Crippen molar-refractivity contribution in [3.8, 4) is 0 Å². The summed E-state index contributed by atoms with van der Waals surface area (Å²) >= 11 is 1.69. The van der Waals surface area contributed by atoms with Crippen molar-refractivity contribution in [2.75, 3.05) is 51.1 Å². The Bertz CT molecular complexity index is 1140. The first-order valence-corrected chi connectivity index (χ1v) is 13.9. The molecule has 2 fully saturated rings. The van der Waals surface area contributed by atoms with E-state index in [0.29, 0.717) is 32.7 Å². The Balaban J connectivity index is 1.23. The van der Waals surface area contributed by atoms with Gasteiger partial charge in [0.1, 0.15) is 0 Å². The molecule has 2 aromatic rings. The molecule has 3 heterocycles. The van der Waals surface area contributed by atoms with E-state index in [1.54, 1.807) is 23.0 Å². The van der Waals surface area contributed by atoms with Crippen molar-refractivity contribution < 1.29 is 13.2 Å². The molecule has 7 nitrogen and oxygen atoms in total. The van der Waals surface area contributed by atoms with E-state index in [9.17, 15) is 13.2 Å². The van der Waals surface area contributed by atoms with Crippen LogP contribution in [0.4, 0.5) is 11.4 Å². The number of amides is 1. The molecule has 2 saturated heterocycles. The number of likely N-dealkylation sites (tertiary alicyclic amines) is 1. The van der Waals surface area contributed by atoms with Crippen LogP contribution in [0.25, 0.3) is 0 Å². The molecule has 0 radical (unpaired) electrons. The van der Waals surface area contributed by atoms with Crippen molar-refractivity contribution in [2.45, 2.75) is 34.8 Å². The number of carbonyl (C=O) groups excluding carboxylic acids is 1. The Hall–Kier alpha value is -2.07. The van der Waals surface area contributed by atoms with Gasteiger partial charge in [0.2, 0.25) is 15.9 Å². The standard InChI is InChI=1S/C24H30N4O3S2/c1-18(19-8-9-23-21(16-19)25-20-6-2-3-7-22(20)32-23)33(30,31)28-14-12-26(13-15-28)17-24(29)27-10-4-5-11-27/h2-3,6-9,16,18,25H,4-5,10-15,17H2,1H3. The highest BCUT2D eigenvalue weighted by Crippen LogP contribution is 2.45. The van der Waals surface area contributed by atoms with Crippen molar-refractivity contribution in [2.24, 2.45) is 0 Å². The summed E-state index contributed by atoms with van der Waals surface area (Å²) in [5.74, 6) is 0.165. The van der Waals surface area contributed by atoms with Crippen molar-refractivity contribution in [1.29, 1.82) is 0 Å². The van der Waals surface area contributed by atoms with E-state index in [1.165, 1.54) is 4.90 Å². The van der Waals surface area contributed by atoms with E-state index in [4.69, 9.17) is 0 Å². The van der Waals surface area contributed by atoms with E-state index in [0.717, 1.165) is 47.8 Å². The van der Waals surface area contributed by atoms with Gasteiger partial charge in [-0.1, -0.05) is 30.0 Å². The second kappa shape index (κ2) is 9.29. The van der Waals surface area contributed by atoms with Crippen LogP contribution in [-0.4, -0.2) is 74.2 Å². The number of nitrogens with one attached hydrogen (secondary N) is 1. The fourth-order valence-corrected chi connectivity index (χ4v) is 7.28. The van der Waals surface area contributed by atoms with Crippen LogP contribution in [0, 0.1) is 0 Å². The zero-order valence-electron chi connectivity index (χ0n) is 18.9. The van der Waals surface area contributed by atoms with Crippen molar-refractivity contribution in [3.05, 3.63) is 48.0 Å². The number of piperazine rings is 1. The molecule has 2 aromatic carbocycles. The van der Waals surface area contributed by atoms with Gasteiger partial charge >= 0.3 is 0 Å². The van der Waals surface area contributed by atoms with Crippen molar-refractivity contribution in [1.82, 2.24) is 14.1 Å². The van der Waals surface area contributed by atoms with Crippen LogP contribution in [0.5, 0.6) is 0 Å². The number of nitrogens with zero attached hydrogens (tertiary/aromatic N) is 3. The molecule has 0 aromatic heterocycles. The average molecular weight is 487 g/mol. The first kappa shape index (κ1) is 22.7. The maximum absolute atomic E-state index is 13.4. The van der Waals surface area contributed by atoms with Gasteiger partial charge in [0.25, 0.3) is 0 Å². The Labute approximate surface area is 200 Å². The Morgan fingerprint density at radius 3 is 2.42 bits per heavy atom. The largest absolute Gasteiger partial charge is 0.354 e. The normalized spacial score (nSPS) is 20.1. The third-order valence-corrected chi connectivity index (χ3v) is 10.2. The quantitative estimate of drug-likeness (QED) is 0.595. The molecule has 176 valence electrons. The lowest BCUT2D eigenvalue weighted by atomic mass is 10.1. The molecule has 1 N–H and O–H groups in total. The van der Waals surface area contributed by atoms with Gasteiger partial charge in [-0.2, -0.15) is 4.31 Å². The minimum atomic E-state index is -3.49. The second-order valence-electron chi connectivity index (χ2n) is 8.93. The van der Waals surface area contributed by atoms with Crippen LogP contribution in [0.2, 0.25) is 0 Å². The summed E-state index contributed by atoms with van der Waals surface area (Å²) in [6.07, 6.45) is 2.16. The van der Waals surface area contributed by atoms with Crippen LogP contribution in [0.1, 0.15) is 30.6 Å². The van der Waals surface area contributed by atoms with Crippen LogP contribution in [0.15, 0.2) is 52.3 Å². The molecule has 0 aliphatic carbocycles. The van der Waals surface area contributed by atoms with E-state index >= 15 is 0 Å². The smallest absolute Gasteiger partial charge is 0.236 e. The summed E-state index contributed by atoms with van der Waals surface area (Å²) in [4.78, 5) is 18.7. The molecule has 0 saturated carbocycles. The van der Waals surface area contributed by atoms with Gasteiger partial charge in [0, 0.05) is 49.1 Å². The molecule has 1 unspecified atom stereocenters. The highest BCUT2D eigenvalue weighted by molar-refractivity contribution is 7.99. The highest BCUT2D eigenvalue weighted by Gasteiger charge is 2.34. The van der Waals surface area contributed by atoms with Crippen molar-refractivity contribution >= 4 is 39.1 Å². The zero-order chi connectivity index (χ0) is 23.0. The number of carbonyl (C=O) groups is 1. The molecule has 3 aliphatic heterocycles. The number of hydrogen-bond acceptors (Lipinski definition) is 6. The Morgan fingerprint density at radius 1 is 0.970 bits per heavy atom. The molecule has 0 spiro atoms. The maximum Gasteiger partial charge on any atom is 0.236 e. The third-order valence-electron chi connectivity index (χ3n) is 6.80. The molecule has 0 bridgehead atoms. The molecule has 9 heteroatoms. The monoisotopic (exact) mass is 486 g/mol. The second-order valence-corrected chi connectivity index (χ2v) is 12.3. The first-order valence-electron chi connectivity index (χ1n) is 11.6. The fraction of sp³-hybridized carbons (Fsp3) is 0.458. The number of fused-ring (bicyclic) bond motifs is 2. The summed E-state index contributed by atoms with van der Waals surface area (Å²) in [5, 5.41) is 2.81. The number of hydrogen-bond donors (Lipinski definition) is 1. The molecular weight excluding hydrogens is 456 g/mol. The summed E-state index contributed by atoms with van der Waals surface area (Å²) in [5.41, 5.74) is 2.78. The molecule has 1 atom stereocenters. The number of sulfonamides is 1. The first-order chi connectivity index (χ1) is 15.9. The predicted molar refractivity (Wildman–Crippen MR) is 131 cm³/mol. The van der Waals surface area contributed by atoms with E-state index < -0.39 is 15.3 Å². The summed E-state index contributed by atoms with van der Waals surface area (Å²) in [6.45, 7) is 5.88. The molecule has 3 aliphatic rings. The zero-order valence-corrected chi connectivity index (χ0v) is 20.5. The van der Waals surface area contributed by atoms with Gasteiger partial charge in [0.05, 0.1) is 23.2 Å². The van der Waals surface area contributed by atoms with Crippen LogP contribution < -0.4 is 5.32 Å². The SMILES string of the molecule is CC(c1ccc2c(c1)Nc1ccccc1S2)S(=O)(=O)N1CCN(CC(=O)N2CCCC2)CC1. The van der Waals surface area contributed by atoms with Gasteiger partial charge < -0.3 is 10.2 Å². The Morgan fingerprint density at radius 2 is 1.67 bits per heavy atom. The Kier molecular flexibility index (Phi) is 6.39. The average Bonchev–Trinajstić information content (AvgIpc) is 3.37. The predicted octanol–water partition coefficient (Wildman–Crippen LogP) is 3.53. The van der Waals surface area contributed by atoms with Crippen LogP contribution in [0.3, 0.4) is 0 Å². The molecule has 33 heavy (non-hydrogen) atoms. The number of rotatable bonds is 5. The van der Waals surface area contributed by atoms with Gasteiger partial charge in [-0.15, -0.1) is 0 Å².